The lowest BCUT2D eigenvalue weighted by molar-refractivity contribution is -0.118. The molecule has 1 N–H and O–H groups in total. The van der Waals surface area contributed by atoms with E-state index < -0.39 is 0 Å². The zero-order valence-corrected chi connectivity index (χ0v) is 13.5. The first-order chi connectivity index (χ1) is 10.7. The Bertz CT molecular complexity index is 624. The van der Waals surface area contributed by atoms with Crippen LogP contribution in [0.15, 0.2) is 48.1 Å². The number of rotatable bonds is 8. The van der Waals surface area contributed by atoms with Crippen LogP contribution < -0.4 is 5.32 Å². The van der Waals surface area contributed by atoms with E-state index in [0.29, 0.717) is 25.3 Å². The summed E-state index contributed by atoms with van der Waals surface area (Å²) in [6, 6.07) is 10.1. The SMILES string of the molecule is C=CCn1c(Cc2ccccc2)nnc1SCC(=O)NCC. The fraction of sp³-hybridized carbons (Fsp3) is 0.312. The van der Waals surface area contributed by atoms with Crippen LogP contribution in [0.1, 0.15) is 18.3 Å². The first kappa shape index (κ1) is 16.3. The van der Waals surface area contributed by atoms with Gasteiger partial charge in [0.05, 0.1) is 5.75 Å². The largest absolute Gasteiger partial charge is 0.356 e. The van der Waals surface area contributed by atoms with Gasteiger partial charge in [0.15, 0.2) is 5.16 Å². The van der Waals surface area contributed by atoms with Gasteiger partial charge in [-0.1, -0.05) is 48.2 Å². The smallest absolute Gasteiger partial charge is 0.230 e. The van der Waals surface area contributed by atoms with E-state index >= 15 is 0 Å². The van der Waals surface area contributed by atoms with Crippen LogP contribution in [0.4, 0.5) is 0 Å². The maximum Gasteiger partial charge on any atom is 0.230 e. The molecular weight excluding hydrogens is 296 g/mol. The molecule has 0 aliphatic heterocycles. The minimum absolute atomic E-state index is 0.00487. The van der Waals surface area contributed by atoms with Crippen LogP contribution in [0.3, 0.4) is 0 Å². The van der Waals surface area contributed by atoms with Crippen molar-refractivity contribution in [2.75, 3.05) is 12.3 Å². The lowest BCUT2D eigenvalue weighted by atomic mass is 10.1. The second kappa shape index (κ2) is 8.38. The Morgan fingerprint density at radius 3 is 2.82 bits per heavy atom. The van der Waals surface area contributed by atoms with Crippen LogP contribution in [0.5, 0.6) is 0 Å². The molecule has 0 saturated heterocycles. The predicted molar refractivity (Wildman–Crippen MR) is 88.9 cm³/mol. The standard InChI is InChI=1S/C16H20N4OS/c1-3-10-20-14(11-13-8-6-5-7-9-13)18-19-16(20)22-12-15(21)17-4-2/h3,5-9H,1,4,10-12H2,2H3,(H,17,21). The monoisotopic (exact) mass is 316 g/mol. The maximum atomic E-state index is 11.6. The number of aromatic nitrogens is 3. The Hall–Kier alpha value is -2.08. The molecule has 116 valence electrons. The van der Waals surface area contributed by atoms with E-state index in [1.807, 2.05) is 35.8 Å². The number of amides is 1. The van der Waals surface area contributed by atoms with Crippen LogP contribution in [-0.2, 0) is 17.8 Å². The summed E-state index contributed by atoms with van der Waals surface area (Å²) in [6.45, 7) is 6.96. The molecule has 1 aromatic carbocycles. The van der Waals surface area contributed by atoms with Crippen molar-refractivity contribution in [2.24, 2.45) is 0 Å². The molecule has 2 aromatic rings. The number of nitrogens with zero attached hydrogens (tertiary/aromatic N) is 3. The van der Waals surface area contributed by atoms with Crippen molar-refractivity contribution in [2.45, 2.75) is 25.0 Å². The van der Waals surface area contributed by atoms with Gasteiger partial charge < -0.3 is 9.88 Å². The van der Waals surface area contributed by atoms with Crippen LogP contribution in [-0.4, -0.2) is 33.0 Å². The van der Waals surface area contributed by atoms with Crippen molar-refractivity contribution in [3.8, 4) is 0 Å². The summed E-state index contributed by atoms with van der Waals surface area (Å²) in [5.41, 5.74) is 1.18. The molecule has 6 heteroatoms. The summed E-state index contributed by atoms with van der Waals surface area (Å²) in [4.78, 5) is 11.6. The van der Waals surface area contributed by atoms with Gasteiger partial charge in [0.25, 0.3) is 0 Å². The van der Waals surface area contributed by atoms with Crippen LogP contribution in [0.25, 0.3) is 0 Å². The lowest BCUT2D eigenvalue weighted by Gasteiger charge is -2.07. The summed E-state index contributed by atoms with van der Waals surface area (Å²) in [7, 11) is 0. The molecular formula is C16H20N4OS. The van der Waals surface area contributed by atoms with Crippen LogP contribution >= 0.6 is 11.8 Å². The molecule has 0 unspecified atom stereocenters. The third kappa shape index (κ3) is 4.46. The van der Waals surface area contributed by atoms with Crippen molar-refractivity contribution in [1.82, 2.24) is 20.1 Å². The molecule has 0 aliphatic rings. The minimum Gasteiger partial charge on any atom is -0.356 e. The highest BCUT2D eigenvalue weighted by atomic mass is 32.2. The van der Waals surface area contributed by atoms with Gasteiger partial charge in [-0.05, 0) is 12.5 Å². The van der Waals surface area contributed by atoms with Gasteiger partial charge in [0, 0.05) is 19.5 Å². The van der Waals surface area contributed by atoms with Gasteiger partial charge in [-0.25, -0.2) is 0 Å². The van der Waals surface area contributed by atoms with E-state index in [2.05, 4.69) is 34.2 Å². The van der Waals surface area contributed by atoms with Crippen molar-refractivity contribution >= 4 is 17.7 Å². The van der Waals surface area contributed by atoms with Gasteiger partial charge in [-0.3, -0.25) is 4.79 Å². The van der Waals surface area contributed by atoms with Crippen LogP contribution in [0.2, 0.25) is 0 Å². The number of carbonyl (C=O) groups excluding carboxylic acids is 1. The summed E-state index contributed by atoms with van der Waals surface area (Å²) in [5, 5.41) is 12.0. The molecule has 5 nitrogen and oxygen atoms in total. The molecule has 0 aliphatic carbocycles. The summed E-state index contributed by atoms with van der Waals surface area (Å²) < 4.78 is 2.00. The van der Waals surface area contributed by atoms with Gasteiger partial charge >= 0.3 is 0 Å². The van der Waals surface area contributed by atoms with E-state index in [4.69, 9.17) is 0 Å². The van der Waals surface area contributed by atoms with Crippen molar-refractivity contribution in [3.05, 3.63) is 54.4 Å². The Labute approximate surface area is 134 Å². The average molecular weight is 316 g/mol. The van der Waals surface area contributed by atoms with Gasteiger partial charge in [0.2, 0.25) is 5.91 Å². The summed E-state index contributed by atoms with van der Waals surface area (Å²) in [6.07, 6.45) is 2.53. The second-order valence-corrected chi connectivity index (χ2v) is 5.65. The number of thioether (sulfide) groups is 1. The highest BCUT2D eigenvalue weighted by Gasteiger charge is 2.13. The first-order valence-electron chi connectivity index (χ1n) is 7.21. The summed E-state index contributed by atoms with van der Waals surface area (Å²) >= 11 is 1.40. The number of hydrogen-bond donors (Lipinski definition) is 1. The topological polar surface area (TPSA) is 59.8 Å². The van der Waals surface area contributed by atoms with E-state index in [9.17, 15) is 4.79 Å². The molecule has 0 radical (unpaired) electrons. The Morgan fingerprint density at radius 2 is 2.14 bits per heavy atom. The fourth-order valence-electron chi connectivity index (χ4n) is 2.03. The van der Waals surface area contributed by atoms with E-state index in [1.165, 1.54) is 17.3 Å². The molecule has 22 heavy (non-hydrogen) atoms. The van der Waals surface area contributed by atoms with Crippen molar-refractivity contribution < 1.29 is 4.79 Å². The van der Waals surface area contributed by atoms with Gasteiger partial charge in [0.1, 0.15) is 5.82 Å². The molecule has 2 rings (SSSR count). The van der Waals surface area contributed by atoms with E-state index in [0.717, 1.165) is 11.0 Å². The third-order valence-electron chi connectivity index (χ3n) is 3.02. The normalized spacial score (nSPS) is 10.4. The zero-order valence-electron chi connectivity index (χ0n) is 12.7. The molecule has 1 amide bonds. The number of hydrogen-bond acceptors (Lipinski definition) is 4. The molecule has 0 atom stereocenters. The first-order valence-corrected chi connectivity index (χ1v) is 8.19. The number of carbonyl (C=O) groups is 1. The number of benzene rings is 1. The second-order valence-electron chi connectivity index (χ2n) is 4.70. The number of nitrogens with one attached hydrogen (secondary N) is 1. The maximum absolute atomic E-state index is 11.6. The molecule has 1 heterocycles. The molecule has 0 spiro atoms. The quantitative estimate of drug-likeness (QED) is 0.599. The number of allylic oxidation sites excluding steroid dienone is 1. The molecule has 1 aromatic heterocycles. The van der Waals surface area contributed by atoms with Gasteiger partial charge in [-0.15, -0.1) is 16.8 Å². The summed E-state index contributed by atoms with van der Waals surface area (Å²) in [5.74, 6) is 1.23. The van der Waals surface area contributed by atoms with Crippen molar-refractivity contribution in [3.63, 3.8) is 0 Å². The predicted octanol–water partition coefficient (Wildman–Crippen LogP) is 2.28. The van der Waals surface area contributed by atoms with Crippen LogP contribution in [0, 0.1) is 0 Å². The van der Waals surface area contributed by atoms with Gasteiger partial charge in [-0.2, -0.15) is 0 Å². The molecule has 0 fully saturated rings. The molecule has 0 saturated carbocycles. The Kier molecular flexibility index (Phi) is 6.21. The zero-order chi connectivity index (χ0) is 15.8. The Balaban J connectivity index is 2.11. The van der Waals surface area contributed by atoms with Crippen molar-refractivity contribution in [1.29, 1.82) is 0 Å². The molecule has 0 bridgehead atoms. The lowest BCUT2D eigenvalue weighted by Crippen LogP contribution is -2.24. The third-order valence-corrected chi connectivity index (χ3v) is 3.98. The Morgan fingerprint density at radius 1 is 1.36 bits per heavy atom. The van der Waals surface area contributed by atoms with E-state index in [1.54, 1.807) is 0 Å². The highest BCUT2D eigenvalue weighted by molar-refractivity contribution is 7.99. The highest BCUT2D eigenvalue weighted by Crippen LogP contribution is 2.18. The average Bonchev–Trinajstić information content (AvgIpc) is 2.89. The fourth-order valence-corrected chi connectivity index (χ4v) is 2.82. The minimum atomic E-state index is 0.00487. The van der Waals surface area contributed by atoms with E-state index in [-0.39, 0.29) is 5.91 Å².